The van der Waals surface area contributed by atoms with Gasteiger partial charge in [0.2, 0.25) is 0 Å². The van der Waals surface area contributed by atoms with Crippen LogP contribution in [0.5, 0.6) is 0 Å². The van der Waals surface area contributed by atoms with Crippen LogP contribution in [0, 0.1) is 0 Å². The Balaban J connectivity index is 1.20. The zero-order valence-corrected chi connectivity index (χ0v) is 31.7. The number of pyridine rings is 1. The summed E-state index contributed by atoms with van der Waals surface area (Å²) in [4.78, 5) is 15.6. The van der Waals surface area contributed by atoms with E-state index in [0.717, 1.165) is 94.6 Å². The molecule has 0 spiro atoms. The summed E-state index contributed by atoms with van der Waals surface area (Å²) in [5.74, 6) is 0.646. The van der Waals surface area contributed by atoms with Crippen LogP contribution in [0.15, 0.2) is 225 Å². The summed E-state index contributed by atoms with van der Waals surface area (Å²) >= 11 is 0. The van der Waals surface area contributed by atoms with Crippen molar-refractivity contribution in [3.63, 3.8) is 0 Å². The molecule has 272 valence electrons. The molecule has 2 aromatic heterocycles. The molecule has 0 saturated carbocycles. The molecular weight excluding hydrogens is 703 g/mol. The first-order chi connectivity index (χ1) is 28.7. The van der Waals surface area contributed by atoms with Gasteiger partial charge in [-0.25, -0.2) is 9.97 Å². The molecule has 8 aromatic carbocycles. The van der Waals surface area contributed by atoms with E-state index in [1.165, 1.54) is 0 Å². The van der Waals surface area contributed by atoms with Crippen molar-refractivity contribution < 1.29 is 0 Å². The van der Waals surface area contributed by atoms with Crippen molar-refractivity contribution in [3.8, 4) is 89.7 Å². The quantitative estimate of drug-likeness (QED) is 0.156. The van der Waals surface area contributed by atoms with Crippen LogP contribution in [-0.2, 0) is 0 Å². The second-order valence-corrected chi connectivity index (χ2v) is 14.5. The topological polar surface area (TPSA) is 38.7 Å². The summed E-state index contributed by atoms with van der Waals surface area (Å²) in [5.41, 5.74) is 15.6. The van der Waals surface area contributed by atoms with E-state index in [1.807, 2.05) is 12.3 Å². The average Bonchev–Trinajstić information content (AvgIpc) is 3.32. The van der Waals surface area contributed by atoms with Crippen LogP contribution in [-0.4, -0.2) is 15.0 Å². The van der Waals surface area contributed by atoms with Gasteiger partial charge in [0.05, 0.1) is 17.1 Å². The fraction of sp³-hybridized carbons (Fsp3) is 0. The van der Waals surface area contributed by atoms with Crippen LogP contribution < -0.4 is 0 Å². The van der Waals surface area contributed by atoms with E-state index >= 15 is 0 Å². The van der Waals surface area contributed by atoms with E-state index in [0.29, 0.717) is 5.82 Å². The number of benzene rings is 8. The summed E-state index contributed by atoms with van der Waals surface area (Å²) in [7, 11) is 0. The maximum Gasteiger partial charge on any atom is 0.160 e. The van der Waals surface area contributed by atoms with Gasteiger partial charge in [0.25, 0.3) is 0 Å². The minimum Gasteiger partial charge on any atom is -0.256 e. The highest BCUT2D eigenvalue weighted by Gasteiger charge is 2.16. The maximum absolute atomic E-state index is 5.38. The Bertz CT molecular complexity index is 2770. The first-order valence-corrected chi connectivity index (χ1v) is 19.6. The lowest BCUT2D eigenvalue weighted by Gasteiger charge is -2.15. The van der Waals surface area contributed by atoms with Gasteiger partial charge in [-0.2, -0.15) is 0 Å². The Morgan fingerprint density at radius 3 is 1.05 bits per heavy atom. The van der Waals surface area contributed by atoms with E-state index in [2.05, 4.69) is 212 Å². The van der Waals surface area contributed by atoms with Crippen molar-refractivity contribution >= 4 is 10.8 Å². The Kier molecular flexibility index (Phi) is 9.23. The van der Waals surface area contributed by atoms with Gasteiger partial charge in [-0.05, 0) is 104 Å². The average molecular weight is 740 g/mol. The lowest BCUT2D eigenvalue weighted by molar-refractivity contribution is 1.18. The molecule has 0 fully saturated rings. The Morgan fingerprint density at radius 2 is 0.586 bits per heavy atom. The molecule has 0 amide bonds. The molecule has 58 heavy (non-hydrogen) atoms. The third-order valence-corrected chi connectivity index (χ3v) is 10.7. The number of aromatic nitrogens is 3. The summed E-state index contributed by atoms with van der Waals surface area (Å²) in [6.45, 7) is 0. The summed E-state index contributed by atoms with van der Waals surface area (Å²) in [6.07, 6.45) is 1.95. The number of hydrogen-bond donors (Lipinski definition) is 0. The fourth-order valence-corrected chi connectivity index (χ4v) is 7.67. The van der Waals surface area contributed by atoms with Crippen LogP contribution in [0.25, 0.3) is 100 Å². The highest BCUT2D eigenvalue weighted by atomic mass is 14.9. The lowest BCUT2D eigenvalue weighted by atomic mass is 9.93. The molecule has 3 nitrogen and oxygen atoms in total. The lowest BCUT2D eigenvalue weighted by Crippen LogP contribution is -1.97. The van der Waals surface area contributed by atoms with Crippen LogP contribution in [0.2, 0.25) is 0 Å². The Labute approximate surface area is 338 Å². The second kappa shape index (κ2) is 15.4. The minimum atomic E-state index is 0.646. The molecule has 2 heterocycles. The molecule has 0 bridgehead atoms. The molecule has 0 aliphatic heterocycles. The van der Waals surface area contributed by atoms with Gasteiger partial charge >= 0.3 is 0 Å². The minimum absolute atomic E-state index is 0.646. The Morgan fingerprint density at radius 1 is 0.224 bits per heavy atom. The standard InChI is InChI=1S/C55H37N3/c1-5-16-38(17-6-1)46-29-47(39-18-7-2-8-19-39)32-50(31-46)53-36-54(51-33-48(40-20-9-3-10-21-40)30-49(34-51)41-22-11-4-12-23-41)58-55(57-53)44-27-15-26-43(28-44)52-35-42-24-13-14-25-45(42)37-56-52/h1-37H. The molecule has 0 N–H and O–H groups in total. The smallest absolute Gasteiger partial charge is 0.160 e. The molecule has 0 atom stereocenters. The van der Waals surface area contributed by atoms with E-state index in [-0.39, 0.29) is 0 Å². The summed E-state index contributed by atoms with van der Waals surface area (Å²) in [5, 5.41) is 2.27. The molecule has 0 radical (unpaired) electrons. The van der Waals surface area contributed by atoms with Crippen molar-refractivity contribution in [2.24, 2.45) is 0 Å². The predicted molar refractivity (Wildman–Crippen MR) is 241 cm³/mol. The molecular formula is C55H37N3. The van der Waals surface area contributed by atoms with Crippen LogP contribution in [0.3, 0.4) is 0 Å². The highest BCUT2D eigenvalue weighted by molar-refractivity contribution is 5.87. The van der Waals surface area contributed by atoms with Gasteiger partial charge in [-0.3, -0.25) is 4.98 Å². The zero-order valence-electron chi connectivity index (χ0n) is 31.7. The van der Waals surface area contributed by atoms with Crippen LogP contribution >= 0.6 is 0 Å². The largest absolute Gasteiger partial charge is 0.256 e. The Hall–Kier alpha value is -7.75. The van der Waals surface area contributed by atoms with E-state index in [1.54, 1.807) is 0 Å². The number of hydrogen-bond acceptors (Lipinski definition) is 3. The molecule has 3 heteroatoms. The first-order valence-electron chi connectivity index (χ1n) is 19.6. The van der Waals surface area contributed by atoms with Gasteiger partial charge in [0.1, 0.15) is 0 Å². The third kappa shape index (κ3) is 7.21. The normalized spacial score (nSPS) is 11.1. The molecule has 10 aromatic rings. The SMILES string of the molecule is c1ccc(-c2cc(-c3ccccc3)cc(-c3cc(-c4cc(-c5ccccc5)cc(-c5ccccc5)c4)nc(-c4cccc(-c5cc6ccccc6cn5)c4)n3)c2)cc1. The van der Waals surface area contributed by atoms with Crippen molar-refractivity contribution in [2.75, 3.05) is 0 Å². The molecule has 0 aliphatic carbocycles. The number of nitrogens with zero attached hydrogens (tertiary/aromatic N) is 3. The van der Waals surface area contributed by atoms with Gasteiger partial charge in [-0.15, -0.1) is 0 Å². The zero-order chi connectivity index (χ0) is 38.7. The summed E-state index contributed by atoms with van der Waals surface area (Å²) in [6, 6.07) is 76.9. The monoisotopic (exact) mass is 739 g/mol. The molecule has 0 unspecified atom stereocenters. The third-order valence-electron chi connectivity index (χ3n) is 10.7. The molecule has 0 aliphatic rings. The molecule has 0 saturated heterocycles. The second-order valence-electron chi connectivity index (χ2n) is 14.5. The molecule has 10 rings (SSSR count). The van der Waals surface area contributed by atoms with Gasteiger partial charge in [0.15, 0.2) is 5.82 Å². The maximum atomic E-state index is 5.38. The van der Waals surface area contributed by atoms with E-state index in [4.69, 9.17) is 15.0 Å². The van der Waals surface area contributed by atoms with E-state index in [9.17, 15) is 0 Å². The van der Waals surface area contributed by atoms with Gasteiger partial charge < -0.3 is 0 Å². The van der Waals surface area contributed by atoms with Crippen molar-refractivity contribution in [1.29, 1.82) is 0 Å². The van der Waals surface area contributed by atoms with Gasteiger partial charge in [-0.1, -0.05) is 164 Å². The predicted octanol–water partition coefficient (Wildman–Crippen LogP) is 14.4. The first kappa shape index (κ1) is 34.7. The number of rotatable bonds is 8. The van der Waals surface area contributed by atoms with E-state index < -0.39 is 0 Å². The van der Waals surface area contributed by atoms with Crippen molar-refractivity contribution in [2.45, 2.75) is 0 Å². The highest BCUT2D eigenvalue weighted by Crippen LogP contribution is 2.37. The number of fused-ring (bicyclic) bond motifs is 1. The van der Waals surface area contributed by atoms with Crippen molar-refractivity contribution in [1.82, 2.24) is 15.0 Å². The van der Waals surface area contributed by atoms with Crippen molar-refractivity contribution in [3.05, 3.63) is 225 Å². The van der Waals surface area contributed by atoms with Crippen LogP contribution in [0.4, 0.5) is 0 Å². The fourth-order valence-electron chi connectivity index (χ4n) is 7.67. The summed E-state index contributed by atoms with van der Waals surface area (Å²) < 4.78 is 0. The van der Waals surface area contributed by atoms with Gasteiger partial charge in [0, 0.05) is 33.8 Å². The van der Waals surface area contributed by atoms with Crippen LogP contribution in [0.1, 0.15) is 0 Å².